The van der Waals surface area contributed by atoms with E-state index >= 15 is 0 Å². The van der Waals surface area contributed by atoms with Crippen molar-refractivity contribution in [2.24, 2.45) is 5.11 Å². The Kier molecular flexibility index (Phi) is 5.61. The number of rotatable bonds is 6. The first-order valence-electron chi connectivity index (χ1n) is 9.13. The van der Waals surface area contributed by atoms with Crippen molar-refractivity contribution in [1.29, 1.82) is 0 Å². The van der Waals surface area contributed by atoms with Crippen molar-refractivity contribution in [3.8, 4) is 5.75 Å². The van der Waals surface area contributed by atoms with Gasteiger partial charge in [-0.3, -0.25) is 10.1 Å². The normalized spacial score (nSPS) is 11.5. The molecular weight excluding hydrogens is 398 g/mol. The highest BCUT2D eigenvalue weighted by Gasteiger charge is 2.14. The number of ether oxygens (including phenoxy) is 1. The Labute approximate surface area is 176 Å². The summed E-state index contributed by atoms with van der Waals surface area (Å²) >= 11 is 1.38. The van der Waals surface area contributed by atoms with Crippen LogP contribution < -0.4 is 10.1 Å². The summed E-state index contributed by atoms with van der Waals surface area (Å²) in [7, 11) is 1.61. The third-order valence-corrected chi connectivity index (χ3v) is 5.52. The van der Waals surface area contributed by atoms with Gasteiger partial charge in [-0.05, 0) is 47.0 Å². The highest BCUT2D eigenvalue weighted by Crippen LogP contribution is 2.30. The average molecular weight is 415 g/mol. The standard InChI is InChI=1S/C22H17N5O2S/c1-29-17-11-12-18-19(13-17)30-22(24-18)25-21(28)16-9-7-15(8-10-16)20(26-27-23)14-5-3-2-4-6-14/h2-13,20H,1H3,(H,24,25,28). The molecule has 1 aromatic heterocycles. The Hall–Kier alpha value is -3.87. The minimum absolute atomic E-state index is 0.257. The van der Waals surface area contributed by atoms with Crippen LogP contribution in [0.15, 0.2) is 77.9 Å². The fraction of sp³-hybridized carbons (Fsp3) is 0.0909. The van der Waals surface area contributed by atoms with Crippen LogP contribution in [0.2, 0.25) is 0 Å². The molecular formula is C22H17N5O2S. The molecule has 8 heteroatoms. The lowest BCUT2D eigenvalue weighted by molar-refractivity contribution is 0.102. The van der Waals surface area contributed by atoms with Crippen LogP contribution in [0.5, 0.6) is 5.75 Å². The van der Waals surface area contributed by atoms with Crippen molar-refractivity contribution < 1.29 is 9.53 Å². The van der Waals surface area contributed by atoms with Crippen LogP contribution >= 0.6 is 11.3 Å². The number of hydrogen-bond acceptors (Lipinski definition) is 5. The SMILES string of the molecule is COc1ccc2nc(NC(=O)c3ccc(C(N=[N+]=[N-])c4ccccc4)cc3)sc2c1. The highest BCUT2D eigenvalue weighted by atomic mass is 32.1. The van der Waals surface area contributed by atoms with Crippen LogP contribution in [0.25, 0.3) is 20.7 Å². The van der Waals surface area contributed by atoms with E-state index in [2.05, 4.69) is 20.3 Å². The van der Waals surface area contributed by atoms with Crippen LogP contribution in [0.3, 0.4) is 0 Å². The molecule has 0 saturated carbocycles. The number of carbonyl (C=O) groups is 1. The van der Waals surface area contributed by atoms with Gasteiger partial charge >= 0.3 is 0 Å². The smallest absolute Gasteiger partial charge is 0.257 e. The molecule has 0 fully saturated rings. The van der Waals surface area contributed by atoms with Gasteiger partial charge in [0.2, 0.25) is 0 Å². The molecule has 1 heterocycles. The van der Waals surface area contributed by atoms with E-state index in [1.807, 2.05) is 48.5 Å². The molecule has 0 spiro atoms. The maximum atomic E-state index is 12.6. The van der Waals surface area contributed by atoms with Crippen LogP contribution in [0.1, 0.15) is 27.5 Å². The molecule has 1 N–H and O–H groups in total. The van der Waals surface area contributed by atoms with E-state index in [4.69, 9.17) is 10.3 Å². The summed E-state index contributed by atoms with van der Waals surface area (Å²) in [6.45, 7) is 0. The zero-order valence-corrected chi connectivity index (χ0v) is 16.8. The maximum Gasteiger partial charge on any atom is 0.257 e. The van der Waals surface area contributed by atoms with E-state index in [-0.39, 0.29) is 5.91 Å². The van der Waals surface area contributed by atoms with Crippen LogP contribution in [-0.2, 0) is 0 Å². The highest BCUT2D eigenvalue weighted by molar-refractivity contribution is 7.22. The average Bonchev–Trinajstić information content (AvgIpc) is 3.19. The van der Waals surface area contributed by atoms with Gasteiger partial charge in [-0.15, -0.1) is 0 Å². The van der Waals surface area contributed by atoms with E-state index < -0.39 is 6.04 Å². The molecule has 148 valence electrons. The van der Waals surface area contributed by atoms with Gasteiger partial charge in [0.25, 0.3) is 5.91 Å². The molecule has 1 amide bonds. The second kappa shape index (κ2) is 8.65. The first kappa shape index (κ1) is 19.4. The summed E-state index contributed by atoms with van der Waals surface area (Å²) in [4.78, 5) is 20.0. The fourth-order valence-corrected chi connectivity index (χ4v) is 3.97. The zero-order chi connectivity index (χ0) is 20.9. The molecule has 7 nitrogen and oxygen atoms in total. The number of fused-ring (bicyclic) bond motifs is 1. The number of nitrogens with zero attached hydrogens (tertiary/aromatic N) is 4. The van der Waals surface area contributed by atoms with Crippen LogP contribution in [0, 0.1) is 0 Å². The number of nitrogens with one attached hydrogen (secondary N) is 1. The monoisotopic (exact) mass is 415 g/mol. The predicted octanol–water partition coefficient (Wildman–Crippen LogP) is 5.96. The lowest BCUT2D eigenvalue weighted by Crippen LogP contribution is -2.11. The molecule has 4 aromatic rings. The Balaban J connectivity index is 1.53. The topological polar surface area (TPSA) is 100.0 Å². The van der Waals surface area contributed by atoms with Gasteiger partial charge in [0.1, 0.15) is 5.75 Å². The van der Waals surface area contributed by atoms with Crippen molar-refractivity contribution in [2.45, 2.75) is 6.04 Å². The van der Waals surface area contributed by atoms with Gasteiger partial charge in [0, 0.05) is 10.5 Å². The lowest BCUT2D eigenvalue weighted by Gasteiger charge is -2.12. The zero-order valence-electron chi connectivity index (χ0n) is 16.0. The Bertz CT molecular complexity index is 1230. The number of aromatic nitrogens is 1. The number of azide groups is 1. The van der Waals surface area contributed by atoms with Crippen molar-refractivity contribution in [3.05, 3.63) is 99.9 Å². The molecule has 3 aromatic carbocycles. The number of methoxy groups -OCH3 is 1. The maximum absolute atomic E-state index is 12.6. The number of anilines is 1. The quantitative estimate of drug-likeness (QED) is 0.239. The number of carbonyl (C=O) groups excluding carboxylic acids is 1. The molecule has 4 rings (SSSR count). The Morgan fingerprint density at radius 1 is 1.10 bits per heavy atom. The third-order valence-electron chi connectivity index (χ3n) is 4.59. The van der Waals surface area contributed by atoms with E-state index in [1.54, 1.807) is 31.4 Å². The molecule has 30 heavy (non-hydrogen) atoms. The number of benzene rings is 3. The second-order valence-electron chi connectivity index (χ2n) is 6.45. The number of amides is 1. The first-order chi connectivity index (χ1) is 14.7. The number of thiazole rings is 1. The van der Waals surface area contributed by atoms with Gasteiger partial charge < -0.3 is 4.74 Å². The molecule has 0 radical (unpaired) electrons. The summed E-state index contributed by atoms with van der Waals surface area (Å²) in [5.41, 5.74) is 11.9. The van der Waals surface area contributed by atoms with Crippen LogP contribution in [-0.4, -0.2) is 18.0 Å². The van der Waals surface area contributed by atoms with Gasteiger partial charge in [-0.25, -0.2) is 4.98 Å². The van der Waals surface area contributed by atoms with E-state index in [9.17, 15) is 4.79 Å². The first-order valence-corrected chi connectivity index (χ1v) is 9.94. The van der Waals surface area contributed by atoms with Gasteiger partial charge in [0.15, 0.2) is 5.13 Å². The van der Waals surface area contributed by atoms with Gasteiger partial charge in [0.05, 0.1) is 23.4 Å². The van der Waals surface area contributed by atoms with Gasteiger partial charge in [-0.1, -0.05) is 58.9 Å². The van der Waals surface area contributed by atoms with Crippen molar-refractivity contribution >= 4 is 32.6 Å². The Morgan fingerprint density at radius 3 is 2.53 bits per heavy atom. The summed E-state index contributed by atoms with van der Waals surface area (Å²) in [6, 6.07) is 21.6. The van der Waals surface area contributed by atoms with E-state index in [1.165, 1.54) is 11.3 Å². The molecule has 0 aliphatic rings. The molecule has 1 unspecified atom stereocenters. The second-order valence-corrected chi connectivity index (χ2v) is 7.48. The molecule has 0 aliphatic heterocycles. The van der Waals surface area contributed by atoms with Gasteiger partial charge in [-0.2, -0.15) is 0 Å². The van der Waals surface area contributed by atoms with E-state index in [0.717, 1.165) is 27.1 Å². The number of hydrogen-bond donors (Lipinski definition) is 1. The Morgan fingerprint density at radius 2 is 1.83 bits per heavy atom. The lowest BCUT2D eigenvalue weighted by atomic mass is 9.98. The summed E-state index contributed by atoms with van der Waals surface area (Å²) < 4.78 is 6.15. The van der Waals surface area contributed by atoms with E-state index in [0.29, 0.717) is 10.7 Å². The minimum atomic E-state index is -0.451. The molecule has 0 aliphatic carbocycles. The molecule has 0 saturated heterocycles. The minimum Gasteiger partial charge on any atom is -0.497 e. The van der Waals surface area contributed by atoms with Crippen molar-refractivity contribution in [3.63, 3.8) is 0 Å². The van der Waals surface area contributed by atoms with Crippen molar-refractivity contribution in [2.75, 3.05) is 12.4 Å². The summed E-state index contributed by atoms with van der Waals surface area (Å²) in [6.07, 6.45) is 0. The summed E-state index contributed by atoms with van der Waals surface area (Å²) in [5, 5.41) is 7.26. The van der Waals surface area contributed by atoms with Crippen LogP contribution in [0.4, 0.5) is 5.13 Å². The summed E-state index contributed by atoms with van der Waals surface area (Å²) in [5.74, 6) is 0.486. The predicted molar refractivity (Wildman–Crippen MR) is 118 cm³/mol. The van der Waals surface area contributed by atoms with Crippen molar-refractivity contribution in [1.82, 2.24) is 4.98 Å². The molecule has 0 bridgehead atoms. The largest absolute Gasteiger partial charge is 0.497 e. The molecule has 1 atom stereocenters. The fourth-order valence-electron chi connectivity index (χ4n) is 3.08. The third kappa shape index (κ3) is 4.10.